The Balaban J connectivity index is 2.10. The second-order valence-corrected chi connectivity index (χ2v) is 4.85. The number of hydrogen-bond acceptors (Lipinski definition) is 2. The smallest absolute Gasteiger partial charge is 0.124 e. The van der Waals surface area contributed by atoms with Gasteiger partial charge in [0.05, 0.1) is 6.10 Å². The molecule has 1 N–H and O–H groups in total. The van der Waals surface area contributed by atoms with Gasteiger partial charge >= 0.3 is 0 Å². The number of aryl methyl sites for hydroxylation is 1. The summed E-state index contributed by atoms with van der Waals surface area (Å²) < 4.78 is 5.84. The van der Waals surface area contributed by atoms with Crippen LogP contribution in [0.2, 0.25) is 5.02 Å². The number of halogens is 1. The van der Waals surface area contributed by atoms with E-state index in [4.69, 9.17) is 16.3 Å². The fourth-order valence-electron chi connectivity index (χ4n) is 2.08. The van der Waals surface area contributed by atoms with Crippen molar-refractivity contribution in [1.29, 1.82) is 0 Å². The average molecular weight is 241 g/mol. The minimum absolute atomic E-state index is 0.0779. The number of hydrogen-bond donors (Lipinski definition) is 1. The Morgan fingerprint density at radius 2 is 2.06 bits per heavy atom. The van der Waals surface area contributed by atoms with Gasteiger partial charge in [0.15, 0.2) is 0 Å². The molecule has 0 unspecified atom stereocenters. The summed E-state index contributed by atoms with van der Waals surface area (Å²) in [5, 5.41) is 10.5. The summed E-state index contributed by atoms with van der Waals surface area (Å²) in [5.74, 6) is 0.790. The molecule has 0 radical (unpaired) electrons. The molecule has 1 aliphatic carbocycles. The summed E-state index contributed by atoms with van der Waals surface area (Å²) in [6, 6.07) is 5.60. The molecule has 0 bridgehead atoms. The first-order chi connectivity index (χ1) is 7.66. The second kappa shape index (κ2) is 5.07. The van der Waals surface area contributed by atoms with Crippen LogP contribution in [0, 0.1) is 6.92 Å². The van der Waals surface area contributed by atoms with Gasteiger partial charge in [-0.2, -0.15) is 0 Å². The SMILES string of the molecule is Cc1ccc(Cl)cc1O[C@H]1CCCC[C@@H]1O. The maximum atomic E-state index is 9.83. The van der Waals surface area contributed by atoms with E-state index in [2.05, 4.69) is 0 Å². The normalized spacial score (nSPS) is 25.4. The zero-order chi connectivity index (χ0) is 11.5. The standard InChI is InChI=1S/C13H17ClO2/c1-9-6-7-10(14)8-13(9)16-12-5-3-2-4-11(12)15/h6-8,11-12,15H,2-5H2,1H3/t11-,12-/m0/s1. The number of aliphatic hydroxyl groups excluding tert-OH is 1. The Kier molecular flexibility index (Phi) is 3.72. The molecule has 0 saturated heterocycles. The first-order valence-electron chi connectivity index (χ1n) is 5.77. The van der Waals surface area contributed by atoms with E-state index >= 15 is 0 Å². The van der Waals surface area contributed by atoms with E-state index in [9.17, 15) is 5.11 Å². The van der Waals surface area contributed by atoms with Crippen LogP contribution in [0.25, 0.3) is 0 Å². The van der Waals surface area contributed by atoms with Crippen molar-refractivity contribution < 1.29 is 9.84 Å². The first-order valence-corrected chi connectivity index (χ1v) is 6.15. The molecule has 88 valence electrons. The topological polar surface area (TPSA) is 29.5 Å². The molecule has 1 fully saturated rings. The maximum absolute atomic E-state index is 9.83. The predicted molar refractivity (Wildman–Crippen MR) is 65.1 cm³/mol. The highest BCUT2D eigenvalue weighted by Crippen LogP contribution is 2.28. The lowest BCUT2D eigenvalue weighted by molar-refractivity contribution is 0.00655. The van der Waals surface area contributed by atoms with Gasteiger partial charge in [0.1, 0.15) is 11.9 Å². The van der Waals surface area contributed by atoms with Gasteiger partial charge < -0.3 is 9.84 Å². The minimum Gasteiger partial charge on any atom is -0.487 e. The molecule has 0 aromatic heterocycles. The monoisotopic (exact) mass is 240 g/mol. The van der Waals surface area contributed by atoms with E-state index in [-0.39, 0.29) is 12.2 Å². The lowest BCUT2D eigenvalue weighted by Gasteiger charge is -2.28. The van der Waals surface area contributed by atoms with Gasteiger partial charge in [0.2, 0.25) is 0 Å². The average Bonchev–Trinajstić information content (AvgIpc) is 2.27. The van der Waals surface area contributed by atoms with E-state index in [0.717, 1.165) is 37.0 Å². The first kappa shape index (κ1) is 11.7. The van der Waals surface area contributed by atoms with Gasteiger partial charge in [0, 0.05) is 5.02 Å². The molecule has 1 saturated carbocycles. The Morgan fingerprint density at radius 1 is 1.31 bits per heavy atom. The summed E-state index contributed by atoms with van der Waals surface area (Å²) in [5.41, 5.74) is 1.06. The van der Waals surface area contributed by atoms with Crippen molar-refractivity contribution in [2.45, 2.75) is 44.8 Å². The second-order valence-electron chi connectivity index (χ2n) is 4.42. The van der Waals surface area contributed by atoms with Crippen LogP contribution in [0.4, 0.5) is 0 Å². The molecule has 2 rings (SSSR count). The van der Waals surface area contributed by atoms with Crippen molar-refractivity contribution in [3.05, 3.63) is 28.8 Å². The number of aliphatic hydroxyl groups is 1. The van der Waals surface area contributed by atoms with Crippen LogP contribution in [0.15, 0.2) is 18.2 Å². The van der Waals surface area contributed by atoms with Gasteiger partial charge in [-0.15, -0.1) is 0 Å². The summed E-state index contributed by atoms with van der Waals surface area (Å²) >= 11 is 5.93. The molecule has 0 amide bonds. The fourth-order valence-corrected chi connectivity index (χ4v) is 2.24. The van der Waals surface area contributed by atoms with Gasteiger partial charge in [-0.05, 0) is 43.9 Å². The van der Waals surface area contributed by atoms with E-state index in [0.29, 0.717) is 5.02 Å². The summed E-state index contributed by atoms with van der Waals surface area (Å²) in [7, 11) is 0. The van der Waals surface area contributed by atoms with Crippen molar-refractivity contribution in [3.63, 3.8) is 0 Å². The van der Waals surface area contributed by atoms with E-state index in [1.807, 2.05) is 25.1 Å². The Labute approximate surface area is 101 Å². The third-order valence-corrected chi connectivity index (χ3v) is 3.33. The lowest BCUT2D eigenvalue weighted by atomic mass is 9.95. The molecular formula is C13H17ClO2. The van der Waals surface area contributed by atoms with Crippen molar-refractivity contribution >= 4 is 11.6 Å². The highest BCUT2D eigenvalue weighted by molar-refractivity contribution is 6.30. The van der Waals surface area contributed by atoms with Crippen molar-refractivity contribution in [3.8, 4) is 5.75 Å². The number of ether oxygens (including phenoxy) is 1. The van der Waals surface area contributed by atoms with Crippen LogP contribution >= 0.6 is 11.6 Å². The van der Waals surface area contributed by atoms with Crippen molar-refractivity contribution in [2.24, 2.45) is 0 Å². The highest BCUT2D eigenvalue weighted by Gasteiger charge is 2.25. The van der Waals surface area contributed by atoms with Crippen LogP contribution in [-0.4, -0.2) is 17.3 Å². The zero-order valence-corrected chi connectivity index (χ0v) is 10.2. The molecule has 1 aliphatic rings. The lowest BCUT2D eigenvalue weighted by Crippen LogP contribution is -2.34. The van der Waals surface area contributed by atoms with Crippen molar-refractivity contribution in [2.75, 3.05) is 0 Å². The maximum Gasteiger partial charge on any atom is 0.124 e. The minimum atomic E-state index is -0.341. The summed E-state index contributed by atoms with van der Waals surface area (Å²) in [6.07, 6.45) is 3.56. The number of rotatable bonds is 2. The third kappa shape index (κ3) is 2.69. The zero-order valence-electron chi connectivity index (χ0n) is 9.45. The quantitative estimate of drug-likeness (QED) is 0.859. The van der Waals surface area contributed by atoms with Crippen LogP contribution in [-0.2, 0) is 0 Å². The number of benzene rings is 1. The van der Waals surface area contributed by atoms with Crippen LogP contribution < -0.4 is 4.74 Å². The van der Waals surface area contributed by atoms with Gasteiger partial charge in [-0.25, -0.2) is 0 Å². The Morgan fingerprint density at radius 3 is 2.81 bits per heavy atom. The van der Waals surface area contributed by atoms with Crippen LogP contribution in [0.5, 0.6) is 5.75 Å². The molecule has 3 heteroatoms. The van der Waals surface area contributed by atoms with Gasteiger partial charge in [-0.1, -0.05) is 24.1 Å². The van der Waals surface area contributed by atoms with Crippen molar-refractivity contribution in [1.82, 2.24) is 0 Å². The van der Waals surface area contributed by atoms with Gasteiger partial charge in [0.25, 0.3) is 0 Å². The largest absolute Gasteiger partial charge is 0.487 e. The molecule has 0 heterocycles. The van der Waals surface area contributed by atoms with Crippen LogP contribution in [0.3, 0.4) is 0 Å². The summed E-state index contributed by atoms with van der Waals surface area (Å²) in [6.45, 7) is 1.99. The summed E-state index contributed by atoms with van der Waals surface area (Å²) in [4.78, 5) is 0. The third-order valence-electron chi connectivity index (χ3n) is 3.10. The van der Waals surface area contributed by atoms with E-state index < -0.39 is 0 Å². The molecule has 2 atom stereocenters. The molecule has 0 aliphatic heterocycles. The van der Waals surface area contributed by atoms with Gasteiger partial charge in [-0.3, -0.25) is 0 Å². The molecule has 16 heavy (non-hydrogen) atoms. The Hall–Kier alpha value is -0.730. The fraction of sp³-hybridized carbons (Fsp3) is 0.538. The highest BCUT2D eigenvalue weighted by atomic mass is 35.5. The van der Waals surface area contributed by atoms with E-state index in [1.54, 1.807) is 0 Å². The predicted octanol–water partition coefficient (Wildman–Crippen LogP) is 3.33. The molecule has 0 spiro atoms. The molecule has 1 aromatic carbocycles. The van der Waals surface area contributed by atoms with E-state index in [1.165, 1.54) is 0 Å². The van der Waals surface area contributed by atoms with Crippen LogP contribution in [0.1, 0.15) is 31.2 Å². The molecule has 2 nitrogen and oxygen atoms in total. The molecular weight excluding hydrogens is 224 g/mol. The molecule has 1 aromatic rings. The Bertz CT molecular complexity index is 365.